The predicted molar refractivity (Wildman–Crippen MR) is 143 cm³/mol. The molecule has 2 N–H and O–H groups in total. The Labute approximate surface area is 208 Å². The number of hydrogen-bond donors (Lipinski definition) is 2. The zero-order valence-electron chi connectivity index (χ0n) is 18.7. The summed E-state index contributed by atoms with van der Waals surface area (Å²) in [4.78, 5) is 11.2. The van der Waals surface area contributed by atoms with Crippen molar-refractivity contribution in [1.82, 2.24) is 20.4 Å². The van der Waals surface area contributed by atoms with Crippen LogP contribution in [-0.2, 0) is 19.5 Å². The van der Waals surface area contributed by atoms with Crippen LogP contribution in [0.15, 0.2) is 46.8 Å². The Kier molecular flexibility index (Phi) is 9.62. The molecule has 1 aromatic heterocycles. The van der Waals surface area contributed by atoms with Crippen LogP contribution >= 0.6 is 35.3 Å². The van der Waals surface area contributed by atoms with E-state index >= 15 is 0 Å². The number of nitrogens with one attached hydrogen (secondary N) is 2. The first kappa shape index (κ1) is 24.5. The van der Waals surface area contributed by atoms with Crippen molar-refractivity contribution in [3.05, 3.63) is 57.8 Å². The van der Waals surface area contributed by atoms with Crippen molar-refractivity contribution in [2.24, 2.45) is 4.99 Å². The van der Waals surface area contributed by atoms with Gasteiger partial charge in [0, 0.05) is 63.3 Å². The minimum absolute atomic E-state index is 0. The third-order valence-electron chi connectivity index (χ3n) is 6.43. The molecule has 170 valence electrons. The molecular weight excluding hydrogens is 517 g/mol. The van der Waals surface area contributed by atoms with Crippen molar-refractivity contribution in [3.63, 3.8) is 0 Å². The van der Waals surface area contributed by atoms with E-state index in [0.29, 0.717) is 12.1 Å². The minimum atomic E-state index is 0. The number of hydrogen-bond acceptors (Lipinski definition) is 4. The van der Waals surface area contributed by atoms with Gasteiger partial charge in [0.1, 0.15) is 0 Å². The van der Waals surface area contributed by atoms with Gasteiger partial charge in [0.05, 0.1) is 0 Å². The van der Waals surface area contributed by atoms with Gasteiger partial charge in [0.2, 0.25) is 0 Å². The molecule has 1 atom stereocenters. The largest absolute Gasteiger partial charge is 0.355 e. The van der Waals surface area contributed by atoms with Crippen molar-refractivity contribution in [3.8, 4) is 0 Å². The van der Waals surface area contributed by atoms with E-state index in [4.69, 9.17) is 0 Å². The number of aliphatic imine (C=N–C) groups is 1. The predicted octanol–water partition coefficient (Wildman–Crippen LogP) is 3.94. The van der Waals surface area contributed by atoms with E-state index in [0.717, 1.165) is 58.1 Å². The highest BCUT2D eigenvalue weighted by Gasteiger charge is 2.23. The summed E-state index contributed by atoms with van der Waals surface area (Å²) in [6.45, 7) is 8.80. The van der Waals surface area contributed by atoms with Crippen LogP contribution in [0.5, 0.6) is 0 Å². The molecule has 1 saturated heterocycles. The monoisotopic (exact) mass is 553 g/mol. The SMILES string of the molecule is CN=C(NCC(C)N1CCc2sccc2C1)NC1CCN(Cc2ccccc2)CC1.I. The minimum Gasteiger partial charge on any atom is -0.355 e. The molecule has 2 aliphatic rings. The summed E-state index contributed by atoms with van der Waals surface area (Å²) < 4.78 is 0. The van der Waals surface area contributed by atoms with Crippen LogP contribution in [0, 0.1) is 0 Å². The van der Waals surface area contributed by atoms with Crippen molar-refractivity contribution in [1.29, 1.82) is 0 Å². The number of fused-ring (bicyclic) bond motifs is 1. The van der Waals surface area contributed by atoms with Crippen molar-refractivity contribution in [2.75, 3.05) is 33.2 Å². The second kappa shape index (κ2) is 12.2. The summed E-state index contributed by atoms with van der Waals surface area (Å²) >= 11 is 1.91. The van der Waals surface area contributed by atoms with Gasteiger partial charge in [0.15, 0.2) is 5.96 Å². The lowest BCUT2D eigenvalue weighted by molar-refractivity contribution is 0.190. The lowest BCUT2D eigenvalue weighted by Crippen LogP contribution is -2.51. The normalized spacial score (nSPS) is 19.4. The third kappa shape index (κ3) is 6.91. The number of guanidine groups is 1. The average molecular weight is 554 g/mol. The maximum atomic E-state index is 4.48. The van der Waals surface area contributed by atoms with Crippen LogP contribution in [0.3, 0.4) is 0 Å². The molecular formula is C24H36IN5S. The van der Waals surface area contributed by atoms with Gasteiger partial charge in [-0.15, -0.1) is 35.3 Å². The van der Waals surface area contributed by atoms with Crippen molar-refractivity contribution < 1.29 is 0 Å². The molecule has 1 aromatic carbocycles. The standard InChI is InChI=1S/C24H35N5S.HI/c1-19(29-14-10-23-21(18-29)11-15-30-23)16-26-24(25-2)27-22-8-12-28(13-9-22)17-20-6-4-3-5-7-20;/h3-7,11,15,19,22H,8-10,12-14,16-18H2,1-2H3,(H2,25,26,27);1H. The first-order valence-corrected chi connectivity index (χ1v) is 12.1. The number of benzene rings is 1. The zero-order chi connectivity index (χ0) is 20.8. The first-order valence-electron chi connectivity index (χ1n) is 11.2. The van der Waals surface area contributed by atoms with Crippen LogP contribution < -0.4 is 10.6 Å². The summed E-state index contributed by atoms with van der Waals surface area (Å²) in [5.41, 5.74) is 2.92. The molecule has 4 rings (SSSR count). The Bertz CT molecular complexity index is 816. The van der Waals surface area contributed by atoms with E-state index in [1.165, 1.54) is 17.5 Å². The molecule has 1 unspecified atom stereocenters. The highest BCUT2D eigenvalue weighted by atomic mass is 127. The quantitative estimate of drug-likeness (QED) is 0.323. The smallest absolute Gasteiger partial charge is 0.191 e. The molecule has 0 bridgehead atoms. The molecule has 0 spiro atoms. The Hall–Kier alpha value is -1.16. The van der Waals surface area contributed by atoms with Crippen LogP contribution in [0.4, 0.5) is 0 Å². The second-order valence-corrected chi connectivity index (χ2v) is 9.57. The highest BCUT2D eigenvalue weighted by Crippen LogP contribution is 2.25. The van der Waals surface area contributed by atoms with E-state index in [1.54, 1.807) is 4.88 Å². The third-order valence-corrected chi connectivity index (χ3v) is 7.45. The molecule has 0 radical (unpaired) electrons. The summed E-state index contributed by atoms with van der Waals surface area (Å²) in [7, 11) is 1.88. The molecule has 0 amide bonds. The summed E-state index contributed by atoms with van der Waals surface area (Å²) in [5, 5.41) is 9.45. The van der Waals surface area contributed by atoms with E-state index in [9.17, 15) is 0 Å². The molecule has 3 heterocycles. The van der Waals surface area contributed by atoms with E-state index in [1.807, 2.05) is 18.4 Å². The van der Waals surface area contributed by atoms with Crippen LogP contribution in [0.2, 0.25) is 0 Å². The van der Waals surface area contributed by atoms with Gasteiger partial charge in [-0.3, -0.25) is 14.8 Å². The van der Waals surface area contributed by atoms with E-state index < -0.39 is 0 Å². The number of halogens is 1. The van der Waals surface area contributed by atoms with Gasteiger partial charge in [-0.2, -0.15) is 0 Å². The van der Waals surface area contributed by atoms with Gasteiger partial charge < -0.3 is 10.6 Å². The van der Waals surface area contributed by atoms with Crippen molar-refractivity contribution in [2.45, 2.75) is 51.4 Å². The van der Waals surface area contributed by atoms with Gasteiger partial charge in [-0.25, -0.2) is 0 Å². The Morgan fingerprint density at radius 3 is 2.68 bits per heavy atom. The molecule has 2 aliphatic heterocycles. The van der Waals surface area contributed by atoms with Gasteiger partial charge >= 0.3 is 0 Å². The number of piperidine rings is 1. The average Bonchev–Trinajstić information content (AvgIpc) is 3.26. The molecule has 0 aliphatic carbocycles. The van der Waals surface area contributed by atoms with Crippen LogP contribution in [-0.4, -0.2) is 61.1 Å². The van der Waals surface area contributed by atoms with Crippen LogP contribution in [0.25, 0.3) is 0 Å². The van der Waals surface area contributed by atoms with Crippen molar-refractivity contribution >= 4 is 41.3 Å². The van der Waals surface area contributed by atoms with Gasteiger partial charge in [0.25, 0.3) is 0 Å². The summed E-state index contributed by atoms with van der Waals surface area (Å²) in [6.07, 6.45) is 3.51. The van der Waals surface area contributed by atoms with Gasteiger partial charge in [-0.1, -0.05) is 30.3 Å². The number of rotatable bonds is 6. The van der Waals surface area contributed by atoms with Gasteiger partial charge in [-0.05, 0) is 48.8 Å². The zero-order valence-corrected chi connectivity index (χ0v) is 21.9. The molecule has 0 saturated carbocycles. The summed E-state index contributed by atoms with van der Waals surface area (Å²) in [6, 6.07) is 14.1. The highest BCUT2D eigenvalue weighted by molar-refractivity contribution is 14.0. The maximum absolute atomic E-state index is 4.48. The number of nitrogens with zero attached hydrogens (tertiary/aromatic N) is 3. The van der Waals surface area contributed by atoms with E-state index in [-0.39, 0.29) is 24.0 Å². The Balaban J connectivity index is 0.00000272. The Morgan fingerprint density at radius 2 is 1.94 bits per heavy atom. The number of likely N-dealkylation sites (tertiary alicyclic amines) is 1. The summed E-state index contributed by atoms with van der Waals surface area (Å²) in [5.74, 6) is 0.941. The first-order chi connectivity index (χ1) is 14.7. The molecule has 2 aromatic rings. The number of thiophene rings is 1. The lowest BCUT2D eigenvalue weighted by atomic mass is 10.0. The molecule has 7 heteroatoms. The fraction of sp³-hybridized carbons (Fsp3) is 0.542. The molecule has 5 nitrogen and oxygen atoms in total. The Morgan fingerprint density at radius 1 is 1.16 bits per heavy atom. The maximum Gasteiger partial charge on any atom is 0.191 e. The topological polar surface area (TPSA) is 42.9 Å². The molecule has 31 heavy (non-hydrogen) atoms. The molecule has 1 fully saturated rings. The fourth-order valence-electron chi connectivity index (χ4n) is 4.49. The second-order valence-electron chi connectivity index (χ2n) is 8.57. The van der Waals surface area contributed by atoms with Crippen LogP contribution in [0.1, 0.15) is 35.8 Å². The lowest BCUT2D eigenvalue weighted by Gasteiger charge is -2.34. The fourth-order valence-corrected chi connectivity index (χ4v) is 5.37. The van der Waals surface area contributed by atoms with E-state index in [2.05, 4.69) is 74.1 Å².